The summed E-state index contributed by atoms with van der Waals surface area (Å²) in [6.07, 6.45) is 2.51. The molecule has 0 saturated carbocycles. The zero-order valence-electron chi connectivity index (χ0n) is 14.7. The van der Waals surface area contributed by atoms with Gasteiger partial charge in [0.15, 0.2) is 0 Å². The molecular formula is C18H19BrClN3O3S. The van der Waals surface area contributed by atoms with E-state index in [-0.39, 0.29) is 34.8 Å². The largest absolute Gasteiger partial charge is 0.310 e. The standard InChI is InChI=1S/C18H19BrClN3O3S/c1-12-2-4-16(15(20)10-12)27(25,26)23-8-6-13(7-9-23)18(24)22-17-5-3-14(19)11-21-17/h2-5,10-11,13H,6-9H2,1H3,(H,21,22,24). The molecule has 1 N–H and O–H groups in total. The van der Waals surface area contributed by atoms with Crippen LogP contribution < -0.4 is 5.32 Å². The first-order valence-corrected chi connectivity index (χ1v) is 11.1. The molecule has 1 aromatic heterocycles. The van der Waals surface area contributed by atoms with Crippen molar-refractivity contribution < 1.29 is 13.2 Å². The number of benzene rings is 1. The first-order valence-electron chi connectivity index (χ1n) is 8.46. The molecular weight excluding hydrogens is 454 g/mol. The van der Waals surface area contributed by atoms with Gasteiger partial charge in [0.1, 0.15) is 10.7 Å². The summed E-state index contributed by atoms with van der Waals surface area (Å²) in [6.45, 7) is 2.41. The predicted molar refractivity (Wildman–Crippen MR) is 108 cm³/mol. The fourth-order valence-corrected chi connectivity index (χ4v) is 5.27. The van der Waals surface area contributed by atoms with Crippen molar-refractivity contribution in [3.05, 3.63) is 51.6 Å². The van der Waals surface area contributed by atoms with Gasteiger partial charge in [-0.1, -0.05) is 17.7 Å². The van der Waals surface area contributed by atoms with Gasteiger partial charge in [-0.15, -0.1) is 0 Å². The third kappa shape index (κ3) is 4.68. The predicted octanol–water partition coefficient (Wildman–Crippen LogP) is 3.85. The number of aryl methyl sites for hydroxylation is 1. The SMILES string of the molecule is Cc1ccc(S(=O)(=O)N2CCC(C(=O)Nc3ccc(Br)cn3)CC2)c(Cl)c1. The lowest BCUT2D eigenvalue weighted by atomic mass is 9.97. The average molecular weight is 473 g/mol. The molecule has 9 heteroatoms. The van der Waals surface area contributed by atoms with Gasteiger partial charge in [0, 0.05) is 29.7 Å². The average Bonchev–Trinajstić information content (AvgIpc) is 2.63. The highest BCUT2D eigenvalue weighted by atomic mass is 79.9. The number of amides is 1. The van der Waals surface area contributed by atoms with Crippen LogP contribution in [0.4, 0.5) is 5.82 Å². The van der Waals surface area contributed by atoms with Gasteiger partial charge >= 0.3 is 0 Å². The maximum atomic E-state index is 12.8. The second kappa shape index (κ2) is 8.26. The minimum atomic E-state index is -3.67. The van der Waals surface area contributed by atoms with Gasteiger partial charge in [-0.25, -0.2) is 13.4 Å². The quantitative estimate of drug-likeness (QED) is 0.733. The van der Waals surface area contributed by atoms with E-state index >= 15 is 0 Å². The normalized spacial score (nSPS) is 16.3. The van der Waals surface area contributed by atoms with Crippen LogP contribution in [-0.2, 0) is 14.8 Å². The molecule has 2 aromatic rings. The van der Waals surface area contributed by atoms with E-state index in [1.54, 1.807) is 30.5 Å². The molecule has 144 valence electrons. The Kier molecular flexibility index (Phi) is 6.20. The van der Waals surface area contributed by atoms with Gasteiger partial charge in [-0.3, -0.25) is 4.79 Å². The molecule has 1 saturated heterocycles. The van der Waals surface area contributed by atoms with Gasteiger partial charge in [0.2, 0.25) is 15.9 Å². The number of nitrogens with zero attached hydrogens (tertiary/aromatic N) is 2. The molecule has 0 radical (unpaired) electrons. The highest BCUT2D eigenvalue weighted by Crippen LogP contribution is 2.29. The number of sulfonamides is 1. The summed E-state index contributed by atoms with van der Waals surface area (Å²) in [7, 11) is -3.67. The second-order valence-electron chi connectivity index (χ2n) is 6.46. The Bertz CT molecular complexity index is 943. The van der Waals surface area contributed by atoms with Crippen molar-refractivity contribution in [3.63, 3.8) is 0 Å². The Labute approximate surface area is 172 Å². The van der Waals surface area contributed by atoms with Crippen LogP contribution >= 0.6 is 27.5 Å². The monoisotopic (exact) mass is 471 g/mol. The Morgan fingerprint density at radius 3 is 2.56 bits per heavy atom. The molecule has 0 atom stereocenters. The number of hydrogen-bond acceptors (Lipinski definition) is 4. The summed E-state index contributed by atoms with van der Waals surface area (Å²) in [5.74, 6) is 0.0790. The zero-order valence-corrected chi connectivity index (χ0v) is 17.8. The molecule has 1 aliphatic rings. The lowest BCUT2D eigenvalue weighted by Crippen LogP contribution is -2.41. The van der Waals surface area contributed by atoms with E-state index in [4.69, 9.17) is 11.6 Å². The number of nitrogens with one attached hydrogen (secondary N) is 1. The number of rotatable bonds is 4. The first-order chi connectivity index (χ1) is 12.8. The molecule has 1 aromatic carbocycles. The van der Waals surface area contributed by atoms with E-state index in [0.717, 1.165) is 10.0 Å². The molecule has 0 unspecified atom stereocenters. The van der Waals surface area contributed by atoms with Crippen LogP contribution in [0.5, 0.6) is 0 Å². The molecule has 0 aliphatic carbocycles. The number of carbonyl (C=O) groups excluding carboxylic acids is 1. The third-order valence-electron chi connectivity index (χ3n) is 4.51. The van der Waals surface area contributed by atoms with Crippen molar-refractivity contribution in [1.29, 1.82) is 0 Å². The lowest BCUT2D eigenvalue weighted by Gasteiger charge is -2.30. The zero-order chi connectivity index (χ0) is 19.6. The Balaban J connectivity index is 1.64. The van der Waals surface area contributed by atoms with Crippen LogP contribution in [0.1, 0.15) is 18.4 Å². The number of aromatic nitrogens is 1. The number of piperidine rings is 1. The van der Waals surface area contributed by atoms with Crippen LogP contribution in [-0.4, -0.2) is 36.7 Å². The van der Waals surface area contributed by atoms with Gasteiger partial charge in [0.25, 0.3) is 0 Å². The van der Waals surface area contributed by atoms with Crippen LogP contribution in [0.3, 0.4) is 0 Å². The van der Waals surface area contributed by atoms with Crippen molar-refractivity contribution in [2.24, 2.45) is 5.92 Å². The van der Waals surface area contributed by atoms with Gasteiger partial charge in [0.05, 0.1) is 5.02 Å². The summed E-state index contributed by atoms with van der Waals surface area (Å²) in [4.78, 5) is 16.7. The fraction of sp³-hybridized carbons (Fsp3) is 0.333. The molecule has 1 aliphatic heterocycles. The maximum Gasteiger partial charge on any atom is 0.244 e. The molecule has 1 fully saturated rings. The van der Waals surface area contributed by atoms with Crippen molar-refractivity contribution >= 4 is 49.3 Å². The number of carbonyl (C=O) groups is 1. The maximum absolute atomic E-state index is 12.8. The number of anilines is 1. The number of halogens is 2. The minimum Gasteiger partial charge on any atom is -0.310 e. The fourth-order valence-electron chi connectivity index (χ4n) is 2.99. The van der Waals surface area contributed by atoms with Crippen molar-refractivity contribution in [2.75, 3.05) is 18.4 Å². The molecule has 6 nitrogen and oxygen atoms in total. The van der Waals surface area contributed by atoms with Crippen LogP contribution in [0, 0.1) is 12.8 Å². The van der Waals surface area contributed by atoms with Gasteiger partial charge in [-0.05, 0) is 65.5 Å². The summed E-state index contributed by atoms with van der Waals surface area (Å²) in [6, 6.07) is 8.40. The van der Waals surface area contributed by atoms with E-state index in [9.17, 15) is 13.2 Å². The van der Waals surface area contributed by atoms with E-state index in [1.807, 2.05) is 6.92 Å². The van der Waals surface area contributed by atoms with Crippen LogP contribution in [0.2, 0.25) is 5.02 Å². The number of pyridine rings is 1. The van der Waals surface area contributed by atoms with Crippen LogP contribution in [0.25, 0.3) is 0 Å². The Hall–Kier alpha value is -1.48. The molecule has 0 bridgehead atoms. The second-order valence-corrected chi connectivity index (χ2v) is 9.69. The Morgan fingerprint density at radius 2 is 1.96 bits per heavy atom. The summed E-state index contributed by atoms with van der Waals surface area (Å²) >= 11 is 9.43. The topological polar surface area (TPSA) is 79.4 Å². The van der Waals surface area contributed by atoms with E-state index in [2.05, 4.69) is 26.2 Å². The van der Waals surface area contributed by atoms with E-state index in [1.165, 1.54) is 10.4 Å². The van der Waals surface area contributed by atoms with Gasteiger partial charge < -0.3 is 5.32 Å². The lowest BCUT2D eigenvalue weighted by molar-refractivity contribution is -0.120. The third-order valence-corrected chi connectivity index (χ3v) is 7.36. The summed E-state index contributed by atoms with van der Waals surface area (Å²) in [5.41, 5.74) is 0.899. The van der Waals surface area contributed by atoms with Crippen LogP contribution in [0.15, 0.2) is 45.9 Å². The molecule has 27 heavy (non-hydrogen) atoms. The van der Waals surface area contributed by atoms with Crippen molar-refractivity contribution in [3.8, 4) is 0 Å². The molecule has 3 rings (SSSR count). The minimum absolute atomic E-state index is 0.108. The van der Waals surface area contributed by atoms with Gasteiger partial charge in [-0.2, -0.15) is 4.31 Å². The molecule has 2 heterocycles. The smallest absolute Gasteiger partial charge is 0.244 e. The van der Waals surface area contributed by atoms with Crippen molar-refractivity contribution in [2.45, 2.75) is 24.7 Å². The highest BCUT2D eigenvalue weighted by Gasteiger charge is 2.33. The van der Waals surface area contributed by atoms with E-state index < -0.39 is 10.0 Å². The van der Waals surface area contributed by atoms with Crippen molar-refractivity contribution in [1.82, 2.24) is 9.29 Å². The van der Waals surface area contributed by atoms with E-state index in [0.29, 0.717) is 18.7 Å². The summed E-state index contributed by atoms with van der Waals surface area (Å²) < 4.78 is 27.9. The Morgan fingerprint density at radius 1 is 1.26 bits per heavy atom. The highest BCUT2D eigenvalue weighted by molar-refractivity contribution is 9.10. The molecule has 1 amide bonds. The molecule has 0 spiro atoms. The first kappa shape index (κ1) is 20.3. The number of hydrogen-bond donors (Lipinski definition) is 1. The summed E-state index contributed by atoms with van der Waals surface area (Å²) in [5, 5.41) is 3.00.